The maximum Gasteiger partial charge on any atom is 0.248 e. The lowest BCUT2D eigenvalue weighted by Crippen LogP contribution is -2.06. The zero-order valence-electron chi connectivity index (χ0n) is 10.7. The molecule has 0 spiro atoms. The molecule has 2 heterocycles. The molecule has 0 aliphatic rings. The summed E-state index contributed by atoms with van der Waals surface area (Å²) in [5.41, 5.74) is 2.76. The van der Waals surface area contributed by atoms with Crippen LogP contribution in [0.2, 0.25) is 0 Å². The largest absolute Gasteiger partial charge is 0.453 e. The van der Waals surface area contributed by atoms with Crippen LogP contribution in [0.4, 0.5) is 0 Å². The minimum absolute atomic E-state index is 0.237. The smallest absolute Gasteiger partial charge is 0.248 e. The maximum absolute atomic E-state index is 12.3. The molecule has 0 fully saturated rings. The Balaban J connectivity index is 2.09. The number of carbonyl (C=O) groups excluding carboxylic acids is 1. The highest BCUT2D eigenvalue weighted by atomic mass is 16.3. The number of aromatic nitrogens is 2. The van der Waals surface area contributed by atoms with Crippen molar-refractivity contribution in [1.29, 1.82) is 0 Å². The van der Waals surface area contributed by atoms with E-state index in [4.69, 9.17) is 4.42 Å². The third-order valence-electron chi connectivity index (χ3n) is 2.99. The summed E-state index contributed by atoms with van der Waals surface area (Å²) in [7, 11) is 0. The summed E-state index contributed by atoms with van der Waals surface area (Å²) in [6.45, 7) is 3.76. The number of hydrogen-bond acceptors (Lipinski definition) is 4. The molecule has 1 aromatic carbocycles. The van der Waals surface area contributed by atoms with Crippen LogP contribution in [-0.2, 0) is 0 Å². The van der Waals surface area contributed by atoms with Crippen LogP contribution in [0.15, 0.2) is 41.1 Å². The molecule has 0 aliphatic carbocycles. The first-order valence-corrected chi connectivity index (χ1v) is 5.97. The molecule has 0 amide bonds. The molecular formula is C15H12N2O2. The van der Waals surface area contributed by atoms with E-state index in [2.05, 4.69) is 9.97 Å². The third-order valence-corrected chi connectivity index (χ3v) is 2.99. The quantitative estimate of drug-likeness (QED) is 0.658. The number of aryl methyl sites for hydroxylation is 2. The molecule has 0 saturated heterocycles. The van der Waals surface area contributed by atoms with Gasteiger partial charge in [0.1, 0.15) is 11.3 Å². The molecule has 2 aromatic heterocycles. The van der Waals surface area contributed by atoms with Crippen molar-refractivity contribution >= 4 is 16.8 Å². The molecule has 0 radical (unpaired) electrons. The van der Waals surface area contributed by atoms with E-state index in [-0.39, 0.29) is 5.78 Å². The summed E-state index contributed by atoms with van der Waals surface area (Å²) >= 11 is 0. The van der Waals surface area contributed by atoms with Gasteiger partial charge in [0, 0.05) is 17.8 Å². The van der Waals surface area contributed by atoms with Crippen LogP contribution >= 0.6 is 0 Å². The van der Waals surface area contributed by atoms with Gasteiger partial charge in [-0.15, -0.1) is 0 Å². The molecule has 94 valence electrons. The van der Waals surface area contributed by atoms with Gasteiger partial charge in [-0.2, -0.15) is 0 Å². The van der Waals surface area contributed by atoms with Crippen LogP contribution in [0, 0.1) is 13.8 Å². The molecule has 0 bridgehead atoms. The molecule has 0 unspecified atom stereocenters. The number of benzene rings is 1. The average Bonchev–Trinajstić information content (AvgIpc) is 2.81. The summed E-state index contributed by atoms with van der Waals surface area (Å²) in [6, 6.07) is 7.55. The predicted octanol–water partition coefficient (Wildman–Crippen LogP) is 3.07. The summed E-state index contributed by atoms with van der Waals surface area (Å²) in [6.07, 6.45) is 3.07. The highest BCUT2D eigenvalue weighted by Gasteiger charge is 2.18. The Morgan fingerprint density at radius 3 is 2.68 bits per heavy atom. The van der Waals surface area contributed by atoms with Crippen LogP contribution < -0.4 is 0 Å². The topological polar surface area (TPSA) is 56.0 Å². The third kappa shape index (κ3) is 2.01. The minimum Gasteiger partial charge on any atom is -0.453 e. The van der Waals surface area contributed by atoms with Crippen molar-refractivity contribution in [3.63, 3.8) is 0 Å². The Kier molecular flexibility index (Phi) is 2.63. The van der Waals surface area contributed by atoms with Gasteiger partial charge in [-0.25, -0.2) is 4.98 Å². The van der Waals surface area contributed by atoms with Crippen molar-refractivity contribution in [3.05, 3.63) is 59.4 Å². The second-order valence-corrected chi connectivity index (χ2v) is 4.47. The van der Waals surface area contributed by atoms with Crippen LogP contribution in [0.1, 0.15) is 27.5 Å². The second-order valence-electron chi connectivity index (χ2n) is 4.47. The van der Waals surface area contributed by atoms with E-state index in [9.17, 15) is 4.79 Å². The van der Waals surface area contributed by atoms with E-state index >= 15 is 0 Å². The fourth-order valence-corrected chi connectivity index (χ4v) is 2.02. The van der Waals surface area contributed by atoms with Gasteiger partial charge in [-0.05, 0) is 32.0 Å². The average molecular weight is 252 g/mol. The van der Waals surface area contributed by atoms with Gasteiger partial charge in [-0.3, -0.25) is 9.78 Å². The van der Waals surface area contributed by atoms with Gasteiger partial charge >= 0.3 is 0 Å². The minimum atomic E-state index is -0.237. The lowest BCUT2D eigenvalue weighted by atomic mass is 10.1. The summed E-state index contributed by atoms with van der Waals surface area (Å²) in [5.74, 6) is 0.0589. The van der Waals surface area contributed by atoms with Crippen molar-refractivity contribution < 1.29 is 9.21 Å². The molecule has 19 heavy (non-hydrogen) atoms. The van der Waals surface area contributed by atoms with Crippen molar-refractivity contribution in [1.82, 2.24) is 9.97 Å². The Morgan fingerprint density at radius 2 is 1.89 bits per heavy atom. The second kappa shape index (κ2) is 4.31. The molecular weight excluding hydrogens is 240 g/mol. The van der Waals surface area contributed by atoms with Crippen LogP contribution in [0.5, 0.6) is 0 Å². The Hall–Kier alpha value is -2.49. The van der Waals surface area contributed by atoms with E-state index in [1.54, 1.807) is 19.2 Å². The number of furan rings is 1. The zero-order valence-corrected chi connectivity index (χ0v) is 10.7. The highest BCUT2D eigenvalue weighted by molar-refractivity contribution is 6.08. The van der Waals surface area contributed by atoms with Crippen molar-refractivity contribution in [2.75, 3.05) is 0 Å². The predicted molar refractivity (Wildman–Crippen MR) is 71.2 cm³/mol. The van der Waals surface area contributed by atoms with E-state index < -0.39 is 0 Å². The summed E-state index contributed by atoms with van der Waals surface area (Å²) in [4.78, 5) is 20.5. The first-order valence-electron chi connectivity index (χ1n) is 5.97. The fourth-order valence-electron chi connectivity index (χ4n) is 2.02. The molecule has 3 aromatic rings. The lowest BCUT2D eigenvalue weighted by Gasteiger charge is -1.99. The van der Waals surface area contributed by atoms with Gasteiger partial charge in [0.2, 0.25) is 5.78 Å². The normalized spacial score (nSPS) is 10.8. The van der Waals surface area contributed by atoms with E-state index in [1.165, 1.54) is 6.20 Å². The molecule has 3 rings (SSSR count). The monoisotopic (exact) mass is 252 g/mol. The fraction of sp³-hybridized carbons (Fsp3) is 0.133. The molecule has 0 atom stereocenters. The molecule has 0 saturated carbocycles. The SMILES string of the molecule is Cc1ccc2oc(C(=O)c3nccnc3C)cc2c1. The number of nitrogens with zero attached hydrogens (tertiary/aromatic N) is 2. The van der Waals surface area contributed by atoms with E-state index in [0.29, 0.717) is 22.7 Å². The van der Waals surface area contributed by atoms with Gasteiger partial charge in [0.25, 0.3) is 0 Å². The van der Waals surface area contributed by atoms with Crippen molar-refractivity contribution in [2.45, 2.75) is 13.8 Å². The Labute approximate surface area is 110 Å². The van der Waals surface area contributed by atoms with Gasteiger partial charge in [-0.1, -0.05) is 11.6 Å². The first-order chi connectivity index (χ1) is 9.15. The first kappa shape index (κ1) is 11.6. The number of ketones is 1. The Bertz CT molecular complexity index is 775. The van der Waals surface area contributed by atoms with Crippen molar-refractivity contribution in [2.24, 2.45) is 0 Å². The zero-order chi connectivity index (χ0) is 13.4. The van der Waals surface area contributed by atoms with Gasteiger partial charge in [0.05, 0.1) is 5.69 Å². The van der Waals surface area contributed by atoms with Crippen LogP contribution in [0.25, 0.3) is 11.0 Å². The number of hydrogen-bond donors (Lipinski definition) is 0. The maximum atomic E-state index is 12.3. The van der Waals surface area contributed by atoms with Crippen LogP contribution in [0.3, 0.4) is 0 Å². The number of carbonyl (C=O) groups is 1. The summed E-state index contributed by atoms with van der Waals surface area (Å²) < 4.78 is 5.58. The standard InChI is InChI=1S/C15H12N2O2/c1-9-3-4-12-11(7-9)8-13(19-12)15(18)14-10(2)16-5-6-17-14/h3-8H,1-2H3. The number of fused-ring (bicyclic) bond motifs is 1. The van der Waals surface area contributed by atoms with Gasteiger partial charge < -0.3 is 4.42 Å². The van der Waals surface area contributed by atoms with Crippen molar-refractivity contribution in [3.8, 4) is 0 Å². The van der Waals surface area contributed by atoms with E-state index in [0.717, 1.165) is 10.9 Å². The number of rotatable bonds is 2. The summed E-state index contributed by atoms with van der Waals surface area (Å²) in [5, 5.41) is 0.921. The highest BCUT2D eigenvalue weighted by Crippen LogP contribution is 2.22. The molecule has 0 aliphatic heterocycles. The molecule has 4 heteroatoms. The van der Waals surface area contributed by atoms with E-state index in [1.807, 2.05) is 25.1 Å². The molecule has 4 nitrogen and oxygen atoms in total. The Morgan fingerprint density at radius 1 is 1.11 bits per heavy atom. The van der Waals surface area contributed by atoms with Crippen LogP contribution in [-0.4, -0.2) is 15.8 Å². The molecule has 0 N–H and O–H groups in total. The lowest BCUT2D eigenvalue weighted by molar-refractivity contribution is 0.101. The van der Waals surface area contributed by atoms with Gasteiger partial charge in [0.15, 0.2) is 5.76 Å².